The lowest BCUT2D eigenvalue weighted by molar-refractivity contribution is 0.136. The van der Waals surface area contributed by atoms with E-state index in [9.17, 15) is 0 Å². The van der Waals surface area contributed by atoms with Crippen LogP contribution in [0.1, 0.15) is 12.8 Å². The molecule has 0 rings (SSSR count). The lowest BCUT2D eigenvalue weighted by Crippen LogP contribution is -2.11. The van der Waals surface area contributed by atoms with E-state index in [-0.39, 0.29) is 25.7 Å². The molecule has 0 aliphatic carbocycles. The smallest absolute Gasteiger partial charge is 0.324 e. The van der Waals surface area contributed by atoms with Gasteiger partial charge in [0, 0.05) is 25.7 Å². The van der Waals surface area contributed by atoms with Crippen LogP contribution < -0.4 is 0 Å². The second kappa shape index (κ2) is 12.2. The summed E-state index contributed by atoms with van der Waals surface area (Å²) in [6, 6.07) is 0. The standard InChI is InChI=1S/C6H14O3.H3O3P/c7-3-1-2-6(4-8)5-9;1-4(2)3/h6-9H,1-5H2;1-3H. The molecule has 7 heteroatoms. The molecule has 0 fully saturated rings. The second-order valence-electron chi connectivity index (χ2n) is 2.37. The van der Waals surface area contributed by atoms with Gasteiger partial charge in [-0.25, -0.2) is 0 Å². The Balaban J connectivity index is 0. The maximum Gasteiger partial charge on any atom is 0.324 e. The first-order valence-electron chi connectivity index (χ1n) is 3.77. The molecule has 0 saturated heterocycles. The van der Waals surface area contributed by atoms with E-state index >= 15 is 0 Å². The zero-order valence-corrected chi connectivity index (χ0v) is 8.14. The summed E-state index contributed by atoms with van der Waals surface area (Å²) in [7, 11) is -2.62. The predicted molar refractivity (Wildman–Crippen MR) is 47.6 cm³/mol. The van der Waals surface area contributed by atoms with Crippen molar-refractivity contribution in [3.8, 4) is 0 Å². The molecule has 0 saturated carbocycles. The van der Waals surface area contributed by atoms with Crippen molar-refractivity contribution < 1.29 is 30.0 Å². The van der Waals surface area contributed by atoms with Gasteiger partial charge in [-0.3, -0.25) is 0 Å². The van der Waals surface area contributed by atoms with Crippen molar-refractivity contribution in [3.63, 3.8) is 0 Å². The molecule has 0 heterocycles. The number of hydrogen-bond donors (Lipinski definition) is 6. The molecule has 13 heavy (non-hydrogen) atoms. The van der Waals surface area contributed by atoms with Gasteiger partial charge in [0.2, 0.25) is 0 Å². The normalized spacial score (nSPS) is 10.2. The number of aliphatic hydroxyl groups is 3. The molecule has 0 bridgehead atoms. The zero-order valence-electron chi connectivity index (χ0n) is 7.24. The number of hydrogen-bond acceptors (Lipinski definition) is 6. The molecule has 0 atom stereocenters. The van der Waals surface area contributed by atoms with Crippen molar-refractivity contribution in [2.75, 3.05) is 19.8 Å². The third-order valence-electron chi connectivity index (χ3n) is 1.29. The van der Waals surface area contributed by atoms with Crippen LogP contribution in [0.2, 0.25) is 0 Å². The SMILES string of the molecule is OCCCC(CO)CO.OP(O)O. The fraction of sp³-hybridized carbons (Fsp3) is 1.00. The van der Waals surface area contributed by atoms with Crippen LogP contribution in [0.5, 0.6) is 0 Å². The Morgan fingerprint density at radius 3 is 1.54 bits per heavy atom. The Labute approximate surface area is 78.1 Å². The third-order valence-corrected chi connectivity index (χ3v) is 1.29. The van der Waals surface area contributed by atoms with Gasteiger partial charge < -0.3 is 30.0 Å². The highest BCUT2D eigenvalue weighted by atomic mass is 31.2. The highest BCUT2D eigenvalue weighted by Gasteiger charge is 2.03. The lowest BCUT2D eigenvalue weighted by Gasteiger charge is -2.07. The molecule has 0 amide bonds. The monoisotopic (exact) mass is 216 g/mol. The molecule has 0 unspecified atom stereocenters. The highest BCUT2D eigenvalue weighted by Crippen LogP contribution is 2.11. The molecule has 0 radical (unpaired) electrons. The van der Waals surface area contributed by atoms with Crippen LogP contribution in [0.4, 0.5) is 0 Å². The van der Waals surface area contributed by atoms with Gasteiger partial charge in [-0.05, 0) is 12.8 Å². The van der Waals surface area contributed by atoms with E-state index in [0.29, 0.717) is 12.8 Å². The summed E-state index contributed by atoms with van der Waals surface area (Å²) >= 11 is 0. The average Bonchev–Trinajstić information content (AvgIpc) is 2.06. The average molecular weight is 216 g/mol. The van der Waals surface area contributed by atoms with Crippen LogP contribution in [0.25, 0.3) is 0 Å². The Morgan fingerprint density at radius 2 is 1.31 bits per heavy atom. The van der Waals surface area contributed by atoms with Crippen molar-refractivity contribution in [2.45, 2.75) is 12.8 Å². The van der Waals surface area contributed by atoms with Crippen LogP contribution in [-0.4, -0.2) is 49.8 Å². The van der Waals surface area contributed by atoms with Crippen LogP contribution in [-0.2, 0) is 0 Å². The van der Waals surface area contributed by atoms with Gasteiger partial charge in [0.05, 0.1) is 0 Å². The van der Waals surface area contributed by atoms with Crippen molar-refractivity contribution in [3.05, 3.63) is 0 Å². The molecule has 0 aromatic rings. The molecule has 0 aliphatic rings. The van der Waals surface area contributed by atoms with Crippen molar-refractivity contribution >= 4 is 8.60 Å². The van der Waals surface area contributed by atoms with Gasteiger partial charge in [-0.1, -0.05) is 0 Å². The number of aliphatic hydroxyl groups excluding tert-OH is 3. The highest BCUT2D eigenvalue weighted by molar-refractivity contribution is 7.38. The summed E-state index contributed by atoms with van der Waals surface area (Å²) in [6.45, 7) is 0.156. The molecular formula is C6H17O6P. The Kier molecular flexibility index (Phi) is 14.7. The summed E-state index contributed by atoms with van der Waals surface area (Å²) in [5.41, 5.74) is 0. The molecule has 0 spiro atoms. The van der Waals surface area contributed by atoms with E-state index in [1.165, 1.54) is 0 Å². The molecule has 6 N–H and O–H groups in total. The van der Waals surface area contributed by atoms with Gasteiger partial charge in [-0.2, -0.15) is 0 Å². The molecular weight excluding hydrogens is 199 g/mol. The quantitative estimate of drug-likeness (QED) is 0.313. The van der Waals surface area contributed by atoms with Crippen LogP contribution in [0.15, 0.2) is 0 Å². The maximum atomic E-state index is 8.51. The first-order valence-corrected chi connectivity index (χ1v) is 4.97. The minimum atomic E-state index is -2.62. The minimum Gasteiger partial charge on any atom is -0.396 e. The third kappa shape index (κ3) is 18.9. The topological polar surface area (TPSA) is 121 Å². The minimum absolute atomic E-state index is 0.0104. The summed E-state index contributed by atoms with van der Waals surface area (Å²) in [6.07, 6.45) is 1.36. The fourth-order valence-electron chi connectivity index (χ4n) is 0.620. The zero-order chi connectivity index (χ0) is 10.7. The first kappa shape index (κ1) is 15.7. The summed E-state index contributed by atoms with van der Waals surface area (Å²) in [5, 5.41) is 25.4. The van der Waals surface area contributed by atoms with E-state index in [2.05, 4.69) is 0 Å². The summed E-state index contributed by atoms with van der Waals surface area (Å²) in [4.78, 5) is 21.7. The van der Waals surface area contributed by atoms with Crippen molar-refractivity contribution in [2.24, 2.45) is 5.92 Å². The van der Waals surface area contributed by atoms with Crippen molar-refractivity contribution in [1.29, 1.82) is 0 Å². The summed E-state index contributed by atoms with van der Waals surface area (Å²) in [5.74, 6) is -0.0443. The van der Waals surface area contributed by atoms with E-state index in [1.54, 1.807) is 0 Å². The Bertz CT molecular complexity index is 84.4. The van der Waals surface area contributed by atoms with Crippen LogP contribution in [0.3, 0.4) is 0 Å². The molecule has 0 aromatic heterocycles. The molecule has 82 valence electrons. The fourth-order valence-corrected chi connectivity index (χ4v) is 0.620. The van der Waals surface area contributed by atoms with E-state index in [1.807, 2.05) is 0 Å². The van der Waals surface area contributed by atoms with E-state index in [0.717, 1.165) is 0 Å². The molecule has 0 aromatic carbocycles. The molecule has 0 aliphatic heterocycles. The number of rotatable bonds is 5. The van der Waals surface area contributed by atoms with E-state index in [4.69, 9.17) is 30.0 Å². The molecule has 6 nitrogen and oxygen atoms in total. The van der Waals surface area contributed by atoms with Gasteiger partial charge >= 0.3 is 8.60 Å². The van der Waals surface area contributed by atoms with Gasteiger partial charge in [0.15, 0.2) is 0 Å². The Morgan fingerprint density at radius 1 is 0.923 bits per heavy atom. The second-order valence-corrected chi connectivity index (χ2v) is 2.90. The van der Waals surface area contributed by atoms with Crippen molar-refractivity contribution in [1.82, 2.24) is 0 Å². The lowest BCUT2D eigenvalue weighted by atomic mass is 10.1. The van der Waals surface area contributed by atoms with Crippen LogP contribution in [0, 0.1) is 5.92 Å². The van der Waals surface area contributed by atoms with Gasteiger partial charge in [0.25, 0.3) is 0 Å². The summed E-state index contributed by atoms with van der Waals surface area (Å²) < 4.78 is 0. The van der Waals surface area contributed by atoms with Gasteiger partial charge in [0.1, 0.15) is 0 Å². The largest absolute Gasteiger partial charge is 0.396 e. The predicted octanol–water partition coefficient (Wildman–Crippen LogP) is -1.45. The van der Waals surface area contributed by atoms with Gasteiger partial charge in [-0.15, -0.1) is 0 Å². The Hall–Kier alpha value is 0.190. The van der Waals surface area contributed by atoms with Crippen LogP contribution >= 0.6 is 8.60 Å². The first-order chi connectivity index (χ1) is 6.08. The van der Waals surface area contributed by atoms with E-state index < -0.39 is 8.60 Å². The maximum absolute atomic E-state index is 8.51.